The van der Waals surface area contributed by atoms with Gasteiger partial charge in [0.25, 0.3) is 5.91 Å². The first kappa shape index (κ1) is 25.7. The van der Waals surface area contributed by atoms with Crippen molar-refractivity contribution < 1.29 is 22.7 Å². The number of benzene rings is 2. The van der Waals surface area contributed by atoms with Crippen LogP contribution in [0, 0.1) is 0 Å². The van der Waals surface area contributed by atoms with Gasteiger partial charge in [-0.3, -0.25) is 14.9 Å². The summed E-state index contributed by atoms with van der Waals surface area (Å²) >= 11 is 5.69. The minimum absolute atomic E-state index is 0.118. The fourth-order valence-electron chi connectivity index (χ4n) is 3.06. The number of morpholine rings is 1. The normalized spacial score (nSPS) is 14.4. The van der Waals surface area contributed by atoms with Gasteiger partial charge in [-0.1, -0.05) is 39.0 Å². The Labute approximate surface area is 218 Å². The lowest BCUT2D eigenvalue weighted by molar-refractivity contribution is -0.113. The molecule has 0 radical (unpaired) electrons. The molecule has 0 unspecified atom stereocenters. The number of amides is 2. The molecule has 184 valence electrons. The molecule has 4 rings (SSSR count). The van der Waals surface area contributed by atoms with Crippen molar-refractivity contribution in [2.24, 2.45) is 0 Å². The molecule has 3 aromatic rings. The Bertz CT molecular complexity index is 1290. The SMILES string of the molecule is O=C(CSc1nnc(NC(=O)c2ccc(S(=O)(=O)N3CCOCC3)cc2)s1)Nc1ccc(Br)cc1. The number of carbonyl (C=O) groups excluding carboxylic acids is 2. The van der Waals surface area contributed by atoms with Gasteiger partial charge >= 0.3 is 0 Å². The fraction of sp³-hybridized carbons (Fsp3) is 0.238. The van der Waals surface area contributed by atoms with Gasteiger partial charge in [0, 0.05) is 28.8 Å². The van der Waals surface area contributed by atoms with E-state index >= 15 is 0 Å². The van der Waals surface area contributed by atoms with Crippen LogP contribution in [0.15, 0.2) is 62.2 Å². The van der Waals surface area contributed by atoms with Crippen LogP contribution >= 0.6 is 39.0 Å². The summed E-state index contributed by atoms with van der Waals surface area (Å²) < 4.78 is 33.4. The maximum Gasteiger partial charge on any atom is 0.257 e. The zero-order chi connectivity index (χ0) is 24.8. The Balaban J connectivity index is 1.29. The van der Waals surface area contributed by atoms with Crippen LogP contribution in [-0.2, 0) is 19.6 Å². The van der Waals surface area contributed by atoms with Gasteiger partial charge in [-0.2, -0.15) is 4.31 Å². The number of aromatic nitrogens is 2. The van der Waals surface area contributed by atoms with Gasteiger partial charge in [-0.05, 0) is 48.5 Å². The number of halogens is 1. The smallest absolute Gasteiger partial charge is 0.257 e. The van der Waals surface area contributed by atoms with Gasteiger partial charge in [0.15, 0.2) is 4.34 Å². The van der Waals surface area contributed by atoms with Crippen molar-refractivity contribution in [3.05, 3.63) is 58.6 Å². The van der Waals surface area contributed by atoms with Crippen molar-refractivity contribution in [3.63, 3.8) is 0 Å². The molecule has 35 heavy (non-hydrogen) atoms. The monoisotopic (exact) mass is 597 g/mol. The number of thioether (sulfide) groups is 1. The number of ether oxygens (including phenoxy) is 1. The summed E-state index contributed by atoms with van der Waals surface area (Å²) in [7, 11) is -3.63. The van der Waals surface area contributed by atoms with Crippen molar-refractivity contribution in [2.45, 2.75) is 9.24 Å². The lowest BCUT2D eigenvalue weighted by Gasteiger charge is -2.26. The number of hydrogen-bond acceptors (Lipinski definition) is 9. The molecule has 0 bridgehead atoms. The van der Waals surface area contributed by atoms with Gasteiger partial charge in [-0.25, -0.2) is 8.42 Å². The first-order chi connectivity index (χ1) is 16.8. The van der Waals surface area contributed by atoms with E-state index in [0.29, 0.717) is 36.3 Å². The Morgan fingerprint density at radius 2 is 1.71 bits per heavy atom. The molecule has 1 aromatic heterocycles. The number of sulfonamides is 1. The molecule has 0 spiro atoms. The van der Waals surface area contributed by atoms with E-state index in [2.05, 4.69) is 36.8 Å². The van der Waals surface area contributed by atoms with Gasteiger partial charge in [-0.15, -0.1) is 10.2 Å². The Morgan fingerprint density at radius 1 is 1.03 bits per heavy atom. The molecule has 0 saturated carbocycles. The summed E-state index contributed by atoms with van der Waals surface area (Å²) in [5.74, 6) is -0.496. The zero-order valence-corrected chi connectivity index (χ0v) is 22.2. The molecule has 14 heteroatoms. The number of carbonyl (C=O) groups is 2. The lowest BCUT2D eigenvalue weighted by Crippen LogP contribution is -2.40. The van der Waals surface area contributed by atoms with E-state index in [4.69, 9.17) is 4.74 Å². The molecule has 1 aliphatic rings. The Hall–Kier alpha value is -2.36. The topological polar surface area (TPSA) is 131 Å². The van der Waals surface area contributed by atoms with E-state index in [-0.39, 0.29) is 27.3 Å². The highest BCUT2D eigenvalue weighted by molar-refractivity contribution is 9.10. The van der Waals surface area contributed by atoms with Gasteiger partial charge < -0.3 is 10.1 Å². The van der Waals surface area contributed by atoms with E-state index in [0.717, 1.165) is 15.8 Å². The first-order valence-electron chi connectivity index (χ1n) is 10.3. The first-order valence-corrected chi connectivity index (χ1v) is 14.4. The van der Waals surface area contributed by atoms with Crippen LogP contribution in [0.4, 0.5) is 10.8 Å². The maximum atomic E-state index is 12.7. The summed E-state index contributed by atoms with van der Waals surface area (Å²) in [4.78, 5) is 24.8. The molecule has 1 fully saturated rings. The van der Waals surface area contributed by atoms with Gasteiger partial charge in [0.05, 0.1) is 23.9 Å². The van der Waals surface area contributed by atoms with Crippen molar-refractivity contribution in [3.8, 4) is 0 Å². The third-order valence-electron chi connectivity index (χ3n) is 4.81. The third-order valence-corrected chi connectivity index (χ3v) is 9.22. The van der Waals surface area contributed by atoms with Crippen LogP contribution in [0.5, 0.6) is 0 Å². The predicted octanol–water partition coefficient (Wildman–Crippen LogP) is 3.30. The van der Waals surface area contributed by atoms with Crippen LogP contribution < -0.4 is 10.6 Å². The predicted molar refractivity (Wildman–Crippen MR) is 137 cm³/mol. The van der Waals surface area contributed by atoms with Gasteiger partial charge in [0.2, 0.25) is 21.1 Å². The second-order valence-electron chi connectivity index (χ2n) is 7.21. The summed E-state index contributed by atoms with van der Waals surface area (Å²) in [5, 5.41) is 13.6. The molecule has 2 heterocycles. The Morgan fingerprint density at radius 3 is 2.40 bits per heavy atom. The zero-order valence-electron chi connectivity index (χ0n) is 18.1. The Kier molecular flexibility index (Phi) is 8.51. The summed E-state index contributed by atoms with van der Waals surface area (Å²) in [6.07, 6.45) is 0. The van der Waals surface area contributed by atoms with Crippen LogP contribution in [-0.4, -0.2) is 66.8 Å². The van der Waals surface area contributed by atoms with E-state index < -0.39 is 15.9 Å². The molecular formula is C21H20BrN5O5S3. The number of anilines is 2. The van der Waals surface area contributed by atoms with Crippen molar-refractivity contribution >= 4 is 71.7 Å². The van der Waals surface area contributed by atoms with Crippen molar-refractivity contribution in [2.75, 3.05) is 42.7 Å². The summed E-state index contributed by atoms with van der Waals surface area (Å²) in [6, 6.07) is 13.0. The van der Waals surface area contributed by atoms with Crippen LogP contribution in [0.1, 0.15) is 10.4 Å². The molecule has 1 saturated heterocycles. The minimum atomic E-state index is -3.63. The summed E-state index contributed by atoms with van der Waals surface area (Å²) in [5.41, 5.74) is 0.969. The highest BCUT2D eigenvalue weighted by Crippen LogP contribution is 2.26. The van der Waals surface area contributed by atoms with E-state index in [1.165, 1.54) is 40.3 Å². The van der Waals surface area contributed by atoms with Crippen LogP contribution in [0.25, 0.3) is 0 Å². The number of nitrogens with zero attached hydrogens (tertiary/aromatic N) is 3. The highest BCUT2D eigenvalue weighted by atomic mass is 79.9. The minimum Gasteiger partial charge on any atom is -0.379 e. The van der Waals surface area contributed by atoms with E-state index in [9.17, 15) is 18.0 Å². The van der Waals surface area contributed by atoms with Crippen molar-refractivity contribution in [1.82, 2.24) is 14.5 Å². The van der Waals surface area contributed by atoms with Crippen LogP contribution in [0.3, 0.4) is 0 Å². The lowest BCUT2D eigenvalue weighted by atomic mass is 10.2. The number of rotatable bonds is 8. The second kappa shape index (κ2) is 11.6. The molecule has 2 amide bonds. The number of nitrogens with one attached hydrogen (secondary N) is 2. The fourth-order valence-corrected chi connectivity index (χ4v) is 6.28. The molecule has 2 aromatic carbocycles. The quantitative estimate of drug-likeness (QED) is 0.299. The molecule has 0 atom stereocenters. The maximum absolute atomic E-state index is 12.7. The average Bonchev–Trinajstić information content (AvgIpc) is 3.32. The molecule has 10 nitrogen and oxygen atoms in total. The number of hydrogen-bond donors (Lipinski definition) is 2. The standard InChI is InChI=1S/C21H20BrN5O5S3/c22-15-3-5-16(6-4-15)23-18(28)13-33-21-26-25-20(34-21)24-19(29)14-1-7-17(8-2-14)35(30,31)27-9-11-32-12-10-27/h1-8H,9-13H2,(H,23,28)(H,24,25,29). The van der Waals surface area contributed by atoms with Gasteiger partial charge in [0.1, 0.15) is 0 Å². The largest absolute Gasteiger partial charge is 0.379 e. The van der Waals surface area contributed by atoms with E-state index in [1.54, 1.807) is 12.1 Å². The van der Waals surface area contributed by atoms with Crippen molar-refractivity contribution in [1.29, 1.82) is 0 Å². The molecule has 1 aliphatic heterocycles. The second-order valence-corrected chi connectivity index (χ2v) is 12.3. The highest BCUT2D eigenvalue weighted by Gasteiger charge is 2.26. The molecular weight excluding hydrogens is 578 g/mol. The molecule has 2 N–H and O–H groups in total. The van der Waals surface area contributed by atoms with Crippen LogP contribution in [0.2, 0.25) is 0 Å². The summed E-state index contributed by atoms with van der Waals surface area (Å²) in [6.45, 7) is 1.32. The average molecular weight is 599 g/mol. The molecule has 0 aliphatic carbocycles. The van der Waals surface area contributed by atoms with E-state index in [1.807, 2.05) is 12.1 Å². The third kappa shape index (κ3) is 6.86.